The van der Waals surface area contributed by atoms with Crippen LogP contribution in [0.2, 0.25) is 0 Å². The first-order valence-corrected chi connectivity index (χ1v) is 3.31. The fraction of sp³-hybridized carbons (Fsp3) is 0.667. The summed E-state index contributed by atoms with van der Waals surface area (Å²) in [5, 5.41) is 18.7. The second kappa shape index (κ2) is 2.20. The molecule has 5 nitrogen and oxygen atoms in total. The van der Waals surface area contributed by atoms with Crippen LogP contribution < -0.4 is 11.1 Å². The number of hydrogen-bond donors (Lipinski definition) is 4. The molecule has 11 heavy (non-hydrogen) atoms. The van der Waals surface area contributed by atoms with Crippen molar-refractivity contribution in [3.8, 4) is 0 Å². The van der Waals surface area contributed by atoms with Crippen LogP contribution in [0.25, 0.3) is 0 Å². The van der Waals surface area contributed by atoms with Gasteiger partial charge in [-0.05, 0) is 6.92 Å². The van der Waals surface area contributed by atoms with Gasteiger partial charge >= 0.3 is 0 Å². The van der Waals surface area contributed by atoms with E-state index in [1.54, 1.807) is 0 Å². The van der Waals surface area contributed by atoms with Gasteiger partial charge in [-0.25, -0.2) is 0 Å². The summed E-state index contributed by atoms with van der Waals surface area (Å²) in [6.07, 6.45) is 0.349. The van der Waals surface area contributed by atoms with E-state index in [1.165, 1.54) is 6.92 Å². The van der Waals surface area contributed by atoms with E-state index in [0.29, 0.717) is 6.42 Å². The summed E-state index contributed by atoms with van der Waals surface area (Å²) in [5.74, 6) is -0.497. The molecule has 0 aromatic carbocycles. The Morgan fingerprint density at radius 3 is 2.73 bits per heavy atom. The van der Waals surface area contributed by atoms with Crippen molar-refractivity contribution in [3.05, 3.63) is 0 Å². The Bertz CT molecular complexity index is 216. The second-order valence-electron chi connectivity index (χ2n) is 2.80. The number of rotatable bonds is 2. The summed E-state index contributed by atoms with van der Waals surface area (Å²) in [7, 11) is 0. The number of aliphatic hydroxyl groups is 1. The van der Waals surface area contributed by atoms with Gasteiger partial charge in [-0.15, -0.1) is 0 Å². The van der Waals surface area contributed by atoms with Crippen molar-refractivity contribution >= 4 is 11.7 Å². The van der Waals surface area contributed by atoms with Crippen LogP contribution >= 0.6 is 0 Å². The molecule has 1 aliphatic carbocycles. The van der Waals surface area contributed by atoms with Gasteiger partial charge < -0.3 is 16.2 Å². The third-order valence-corrected chi connectivity index (χ3v) is 1.87. The normalized spacial score (nSPS) is 34.5. The number of hydrogen-bond acceptors (Lipinski definition) is 3. The first-order valence-electron chi connectivity index (χ1n) is 3.31. The molecule has 1 rings (SSSR count). The van der Waals surface area contributed by atoms with E-state index >= 15 is 0 Å². The van der Waals surface area contributed by atoms with Crippen LogP contribution in [-0.4, -0.2) is 28.5 Å². The Hall–Kier alpha value is -1.10. The number of ketones is 1. The summed E-state index contributed by atoms with van der Waals surface area (Å²) in [6.45, 7) is 1.32. The quantitative estimate of drug-likeness (QED) is 0.291. The molecule has 0 heterocycles. The molecule has 2 atom stereocenters. The van der Waals surface area contributed by atoms with Gasteiger partial charge in [0, 0.05) is 6.42 Å². The van der Waals surface area contributed by atoms with Crippen molar-refractivity contribution < 1.29 is 9.90 Å². The molecule has 5 heteroatoms. The molecule has 0 aromatic rings. The molecule has 0 aliphatic heterocycles. The van der Waals surface area contributed by atoms with Gasteiger partial charge in [0.15, 0.2) is 11.7 Å². The topological polar surface area (TPSA) is 99.2 Å². The molecule has 2 unspecified atom stereocenters. The minimum atomic E-state index is -1.27. The summed E-state index contributed by atoms with van der Waals surface area (Å²) >= 11 is 0. The van der Waals surface area contributed by atoms with Gasteiger partial charge in [-0.3, -0.25) is 10.2 Å². The molecule has 1 fully saturated rings. The van der Waals surface area contributed by atoms with Crippen LogP contribution in [0.15, 0.2) is 0 Å². The van der Waals surface area contributed by atoms with Crippen LogP contribution in [0.4, 0.5) is 0 Å². The van der Waals surface area contributed by atoms with E-state index < -0.39 is 5.60 Å². The van der Waals surface area contributed by atoms with Gasteiger partial charge in [0.25, 0.3) is 0 Å². The predicted octanol–water partition coefficient (Wildman–Crippen LogP) is -1.44. The average Bonchev–Trinajstić information content (AvgIpc) is 2.42. The largest absolute Gasteiger partial charge is 0.380 e. The molecular formula is C6H11N3O2. The van der Waals surface area contributed by atoms with E-state index in [-0.39, 0.29) is 17.8 Å². The zero-order valence-corrected chi connectivity index (χ0v) is 6.22. The lowest BCUT2D eigenvalue weighted by atomic mass is 10.2. The van der Waals surface area contributed by atoms with Gasteiger partial charge in [-0.1, -0.05) is 0 Å². The predicted molar refractivity (Wildman–Crippen MR) is 39.1 cm³/mol. The fourth-order valence-electron chi connectivity index (χ4n) is 0.999. The molecule has 0 aromatic heterocycles. The highest BCUT2D eigenvalue weighted by atomic mass is 16.3. The smallest absolute Gasteiger partial charge is 0.186 e. The molecule has 0 radical (unpaired) electrons. The average molecular weight is 157 g/mol. The summed E-state index contributed by atoms with van der Waals surface area (Å²) < 4.78 is 0. The number of nitrogens with one attached hydrogen (secondary N) is 2. The Balaban J connectivity index is 2.47. The van der Waals surface area contributed by atoms with Crippen molar-refractivity contribution in [2.24, 2.45) is 5.73 Å². The number of carbonyl (C=O) groups is 1. The van der Waals surface area contributed by atoms with Crippen molar-refractivity contribution in [2.45, 2.75) is 25.0 Å². The van der Waals surface area contributed by atoms with Crippen molar-refractivity contribution in [2.75, 3.05) is 0 Å². The number of nitrogens with two attached hydrogens (primary N) is 1. The van der Waals surface area contributed by atoms with Crippen molar-refractivity contribution in [3.63, 3.8) is 0 Å². The van der Waals surface area contributed by atoms with Crippen LogP contribution in [-0.2, 0) is 4.79 Å². The summed E-state index contributed by atoms with van der Waals surface area (Å²) in [6, 6.07) is -0.363. The lowest BCUT2D eigenvalue weighted by Gasteiger charge is -2.06. The molecule has 0 amide bonds. The van der Waals surface area contributed by atoms with Crippen LogP contribution in [0.1, 0.15) is 13.3 Å². The summed E-state index contributed by atoms with van der Waals surface area (Å²) in [5.41, 5.74) is 3.73. The highest BCUT2D eigenvalue weighted by Crippen LogP contribution is 2.36. The van der Waals surface area contributed by atoms with E-state index in [4.69, 9.17) is 11.1 Å². The van der Waals surface area contributed by atoms with E-state index in [2.05, 4.69) is 5.32 Å². The third kappa shape index (κ3) is 1.32. The number of Topliss-reactive ketones (excluding diaryl/α,β-unsaturated/α-hetero) is 1. The molecule has 0 bridgehead atoms. The standard InChI is InChI=1S/C6H11N3O2/c1-3(10)6(11)2-4(6)9-5(7)8/h4,11H,2H2,1H3,(H4,7,8,9). The lowest BCUT2D eigenvalue weighted by Crippen LogP contribution is -2.39. The molecule has 5 N–H and O–H groups in total. The SMILES string of the molecule is CC(=O)C1(O)CC1NC(=N)N. The van der Waals surface area contributed by atoms with Crippen LogP contribution in [0.3, 0.4) is 0 Å². The summed E-state index contributed by atoms with van der Waals surface area (Å²) in [4.78, 5) is 10.7. The van der Waals surface area contributed by atoms with E-state index in [0.717, 1.165) is 0 Å². The van der Waals surface area contributed by atoms with Gasteiger partial charge in [0.05, 0.1) is 6.04 Å². The molecule has 1 saturated carbocycles. The molecule has 0 spiro atoms. The zero-order valence-electron chi connectivity index (χ0n) is 6.22. The Kier molecular flexibility index (Phi) is 1.60. The molecular weight excluding hydrogens is 146 g/mol. The maximum atomic E-state index is 10.7. The highest BCUT2D eigenvalue weighted by molar-refractivity contribution is 5.90. The first kappa shape index (κ1) is 8.00. The van der Waals surface area contributed by atoms with Gasteiger partial charge in [0.2, 0.25) is 0 Å². The second-order valence-corrected chi connectivity index (χ2v) is 2.80. The number of guanidine groups is 1. The third-order valence-electron chi connectivity index (χ3n) is 1.87. The monoisotopic (exact) mass is 157 g/mol. The van der Waals surface area contributed by atoms with Crippen molar-refractivity contribution in [1.29, 1.82) is 5.41 Å². The zero-order chi connectivity index (χ0) is 8.65. The van der Waals surface area contributed by atoms with Crippen LogP contribution in [0, 0.1) is 5.41 Å². The maximum Gasteiger partial charge on any atom is 0.186 e. The fourth-order valence-corrected chi connectivity index (χ4v) is 0.999. The first-order chi connectivity index (χ1) is 4.97. The maximum absolute atomic E-state index is 10.7. The molecule has 0 saturated heterocycles. The van der Waals surface area contributed by atoms with E-state index in [9.17, 15) is 9.90 Å². The van der Waals surface area contributed by atoms with Crippen LogP contribution in [0.5, 0.6) is 0 Å². The Morgan fingerprint density at radius 2 is 2.45 bits per heavy atom. The molecule has 62 valence electrons. The lowest BCUT2D eigenvalue weighted by molar-refractivity contribution is -0.127. The molecule has 1 aliphatic rings. The van der Waals surface area contributed by atoms with Gasteiger partial charge in [0.1, 0.15) is 5.60 Å². The Morgan fingerprint density at radius 1 is 1.91 bits per heavy atom. The minimum Gasteiger partial charge on any atom is -0.380 e. The number of carbonyl (C=O) groups excluding carboxylic acids is 1. The van der Waals surface area contributed by atoms with E-state index in [1.807, 2.05) is 0 Å². The van der Waals surface area contributed by atoms with Gasteiger partial charge in [-0.2, -0.15) is 0 Å². The Labute approximate surface area is 64.1 Å². The minimum absolute atomic E-state index is 0.216. The van der Waals surface area contributed by atoms with Crippen molar-refractivity contribution in [1.82, 2.24) is 5.32 Å². The highest BCUT2D eigenvalue weighted by Gasteiger charge is 2.57.